The number of fused-ring (bicyclic) bond motifs is 1. The monoisotopic (exact) mass is 434 g/mol. The second-order valence-corrected chi connectivity index (χ2v) is 7.50. The molecule has 0 bridgehead atoms. The van der Waals surface area contributed by atoms with E-state index in [1.165, 1.54) is 11.3 Å². The molecule has 3 rings (SSSR count). The number of carbonyl (C=O) groups is 1. The Kier molecular flexibility index (Phi) is 6.46. The van der Waals surface area contributed by atoms with Gasteiger partial charge in [-0.15, -0.1) is 0 Å². The quantitative estimate of drug-likeness (QED) is 0.491. The van der Waals surface area contributed by atoms with E-state index in [-0.39, 0.29) is 12.5 Å². The molecule has 0 atom stereocenters. The van der Waals surface area contributed by atoms with Crippen molar-refractivity contribution in [3.63, 3.8) is 0 Å². The number of thiazole rings is 1. The van der Waals surface area contributed by atoms with Crippen molar-refractivity contribution in [1.29, 1.82) is 0 Å². The molecule has 0 radical (unpaired) electrons. The summed E-state index contributed by atoms with van der Waals surface area (Å²) < 4.78 is 13.0. The maximum absolute atomic E-state index is 12.1. The minimum atomic E-state index is -0.251. The van der Waals surface area contributed by atoms with Crippen LogP contribution in [-0.4, -0.2) is 24.1 Å². The summed E-state index contributed by atoms with van der Waals surface area (Å²) in [6, 6.07) is 13.2. The van der Waals surface area contributed by atoms with E-state index in [2.05, 4.69) is 33.2 Å². The summed E-state index contributed by atoms with van der Waals surface area (Å²) in [5.74, 6) is 1.20. The molecular weight excluding hydrogens is 416 g/mol. The molecular formula is C19H19BrN2O3S. The van der Waals surface area contributed by atoms with Crippen LogP contribution in [0.25, 0.3) is 10.2 Å². The van der Waals surface area contributed by atoms with Gasteiger partial charge < -0.3 is 9.47 Å². The maximum Gasteiger partial charge on any atom is 0.264 e. The Morgan fingerprint density at radius 1 is 1.23 bits per heavy atom. The molecule has 26 heavy (non-hydrogen) atoms. The molecule has 1 amide bonds. The average Bonchev–Trinajstić information content (AvgIpc) is 3.02. The van der Waals surface area contributed by atoms with Crippen LogP contribution >= 0.6 is 27.3 Å². The zero-order valence-corrected chi connectivity index (χ0v) is 16.7. The van der Waals surface area contributed by atoms with Gasteiger partial charge in [-0.1, -0.05) is 36.8 Å². The second-order valence-electron chi connectivity index (χ2n) is 5.62. The average molecular weight is 435 g/mol. The number of rotatable bonds is 8. The predicted octanol–water partition coefficient (Wildman–Crippen LogP) is 5.26. The van der Waals surface area contributed by atoms with E-state index in [4.69, 9.17) is 9.47 Å². The lowest BCUT2D eigenvalue weighted by molar-refractivity contribution is -0.118. The zero-order valence-electron chi connectivity index (χ0n) is 14.3. The van der Waals surface area contributed by atoms with Crippen LogP contribution < -0.4 is 14.8 Å². The fourth-order valence-electron chi connectivity index (χ4n) is 2.24. The van der Waals surface area contributed by atoms with Crippen LogP contribution in [0.15, 0.2) is 46.9 Å². The minimum absolute atomic E-state index is 0.0794. The fraction of sp³-hybridized carbons (Fsp3) is 0.263. The molecule has 1 aromatic heterocycles. The van der Waals surface area contributed by atoms with Crippen LogP contribution in [0.2, 0.25) is 0 Å². The first-order valence-corrected chi connectivity index (χ1v) is 9.97. The van der Waals surface area contributed by atoms with Gasteiger partial charge in [-0.3, -0.25) is 10.1 Å². The summed E-state index contributed by atoms with van der Waals surface area (Å²) in [6.07, 6.45) is 2.13. The first-order chi connectivity index (χ1) is 12.7. The van der Waals surface area contributed by atoms with E-state index in [1.807, 2.05) is 36.4 Å². The molecule has 0 saturated heterocycles. The van der Waals surface area contributed by atoms with E-state index in [0.717, 1.165) is 33.3 Å². The van der Waals surface area contributed by atoms with Crippen LogP contribution in [0.5, 0.6) is 11.5 Å². The molecule has 0 unspecified atom stereocenters. The van der Waals surface area contributed by atoms with Gasteiger partial charge in [0.25, 0.3) is 5.91 Å². The number of nitrogens with zero attached hydrogens (tertiary/aromatic N) is 1. The largest absolute Gasteiger partial charge is 0.494 e. The summed E-state index contributed by atoms with van der Waals surface area (Å²) in [5.41, 5.74) is 0.833. The van der Waals surface area contributed by atoms with Crippen LogP contribution in [0, 0.1) is 0 Å². The highest BCUT2D eigenvalue weighted by molar-refractivity contribution is 9.10. The third kappa shape index (κ3) is 4.95. The van der Waals surface area contributed by atoms with Crippen LogP contribution in [0.3, 0.4) is 0 Å². The van der Waals surface area contributed by atoms with Gasteiger partial charge in [-0.05, 0) is 52.7 Å². The Labute approximate surface area is 164 Å². The molecule has 3 aromatic rings. The molecule has 7 heteroatoms. The normalized spacial score (nSPS) is 10.7. The lowest BCUT2D eigenvalue weighted by Gasteiger charge is -2.07. The minimum Gasteiger partial charge on any atom is -0.494 e. The highest BCUT2D eigenvalue weighted by Crippen LogP contribution is 2.29. The smallest absolute Gasteiger partial charge is 0.264 e. The number of aromatic nitrogens is 1. The summed E-state index contributed by atoms with van der Waals surface area (Å²) in [5, 5.41) is 3.33. The molecule has 5 nitrogen and oxygen atoms in total. The van der Waals surface area contributed by atoms with E-state index < -0.39 is 0 Å². The first kappa shape index (κ1) is 18.7. The van der Waals surface area contributed by atoms with Gasteiger partial charge in [0.05, 0.1) is 21.3 Å². The molecule has 1 heterocycles. The van der Waals surface area contributed by atoms with Crippen molar-refractivity contribution in [2.45, 2.75) is 19.8 Å². The lowest BCUT2D eigenvalue weighted by Crippen LogP contribution is -2.20. The number of nitrogens with one attached hydrogen (secondary N) is 1. The van der Waals surface area contributed by atoms with Gasteiger partial charge in [0.2, 0.25) is 0 Å². The van der Waals surface area contributed by atoms with Gasteiger partial charge in [-0.2, -0.15) is 0 Å². The fourth-order valence-corrected chi connectivity index (χ4v) is 3.55. The number of carbonyl (C=O) groups excluding carboxylic acids is 1. The van der Waals surface area contributed by atoms with Gasteiger partial charge in [-0.25, -0.2) is 4.98 Å². The maximum atomic E-state index is 12.1. The van der Waals surface area contributed by atoms with Gasteiger partial charge >= 0.3 is 0 Å². The number of halogens is 1. The number of hydrogen-bond acceptors (Lipinski definition) is 5. The Balaban J connectivity index is 1.59. The third-order valence-corrected chi connectivity index (χ3v) is 5.16. The number of benzene rings is 2. The number of unbranched alkanes of at least 4 members (excludes halogenated alkanes) is 1. The topological polar surface area (TPSA) is 60.5 Å². The molecule has 1 N–H and O–H groups in total. The first-order valence-electron chi connectivity index (χ1n) is 8.36. The zero-order chi connectivity index (χ0) is 18.4. The highest BCUT2D eigenvalue weighted by atomic mass is 79.9. The molecule has 0 aliphatic carbocycles. The van der Waals surface area contributed by atoms with Crippen LogP contribution in [-0.2, 0) is 4.79 Å². The standard InChI is InChI=1S/C19H19BrN2O3S/c1-2-3-10-24-13-8-9-15-17(11-13)26-19(21-15)22-18(23)12-25-16-7-5-4-6-14(16)20/h4-9,11H,2-3,10,12H2,1H3,(H,21,22,23). The van der Waals surface area contributed by atoms with E-state index in [9.17, 15) is 4.79 Å². The Bertz CT molecular complexity index is 897. The molecule has 0 saturated carbocycles. The van der Waals surface area contributed by atoms with E-state index >= 15 is 0 Å². The molecule has 0 aliphatic rings. The summed E-state index contributed by atoms with van der Waals surface area (Å²) in [4.78, 5) is 16.5. The van der Waals surface area contributed by atoms with Crippen molar-refractivity contribution in [1.82, 2.24) is 4.98 Å². The number of para-hydroxylation sites is 1. The Hall–Kier alpha value is -2.12. The van der Waals surface area contributed by atoms with Crippen molar-refractivity contribution in [3.05, 3.63) is 46.9 Å². The van der Waals surface area contributed by atoms with Crippen molar-refractivity contribution in [2.75, 3.05) is 18.5 Å². The van der Waals surface area contributed by atoms with Gasteiger partial charge in [0, 0.05) is 0 Å². The van der Waals surface area contributed by atoms with Gasteiger partial charge in [0.15, 0.2) is 11.7 Å². The molecule has 136 valence electrons. The number of anilines is 1. The number of amides is 1. The van der Waals surface area contributed by atoms with Crippen molar-refractivity contribution in [2.24, 2.45) is 0 Å². The van der Waals surface area contributed by atoms with Crippen molar-refractivity contribution in [3.8, 4) is 11.5 Å². The Morgan fingerprint density at radius 3 is 2.88 bits per heavy atom. The summed E-state index contributed by atoms with van der Waals surface area (Å²) in [7, 11) is 0. The Morgan fingerprint density at radius 2 is 2.08 bits per heavy atom. The summed E-state index contributed by atoms with van der Waals surface area (Å²) in [6.45, 7) is 2.76. The predicted molar refractivity (Wildman–Crippen MR) is 108 cm³/mol. The lowest BCUT2D eigenvalue weighted by atomic mass is 10.3. The third-order valence-electron chi connectivity index (χ3n) is 3.57. The molecule has 2 aromatic carbocycles. The second kappa shape index (κ2) is 9.00. The van der Waals surface area contributed by atoms with Crippen LogP contribution in [0.4, 0.5) is 5.13 Å². The number of hydrogen-bond donors (Lipinski definition) is 1. The molecule has 0 aliphatic heterocycles. The molecule has 0 fully saturated rings. The number of ether oxygens (including phenoxy) is 2. The van der Waals surface area contributed by atoms with Gasteiger partial charge in [0.1, 0.15) is 11.5 Å². The van der Waals surface area contributed by atoms with Crippen molar-refractivity contribution >= 4 is 48.5 Å². The SMILES string of the molecule is CCCCOc1ccc2nc(NC(=O)COc3ccccc3Br)sc2c1. The van der Waals surface area contributed by atoms with E-state index in [1.54, 1.807) is 6.07 Å². The summed E-state index contributed by atoms with van der Waals surface area (Å²) >= 11 is 4.80. The molecule has 0 spiro atoms. The van der Waals surface area contributed by atoms with Crippen molar-refractivity contribution < 1.29 is 14.3 Å². The van der Waals surface area contributed by atoms with Crippen LogP contribution in [0.1, 0.15) is 19.8 Å². The van der Waals surface area contributed by atoms with E-state index in [0.29, 0.717) is 17.5 Å². The highest BCUT2D eigenvalue weighted by Gasteiger charge is 2.10.